The van der Waals surface area contributed by atoms with Crippen molar-refractivity contribution in [1.29, 1.82) is 0 Å². The van der Waals surface area contributed by atoms with Crippen molar-refractivity contribution in [2.24, 2.45) is 56.7 Å². The Labute approximate surface area is 242 Å². The van der Waals surface area contributed by atoms with Crippen LogP contribution in [0.4, 0.5) is 0 Å². The SMILES string of the molecule is C=C(C)[C@@H]1CC[C@]2(C[OH2+])CC[C@]3(C)[C@H](CCC4[C@@]5(C)CC=C(c6ccc(C(=O)O)cc6)C(C)(C)C5CC[C@]43C)[C@@H]12. The highest BCUT2D eigenvalue weighted by atomic mass is 16.4. The second kappa shape index (κ2) is 9.06. The molecular weight excluding hydrogens is 492 g/mol. The number of carbonyl (C=O) groups is 1. The van der Waals surface area contributed by atoms with Crippen molar-refractivity contribution >= 4 is 11.5 Å². The second-order valence-corrected chi connectivity index (χ2v) is 16.2. The predicted molar refractivity (Wildman–Crippen MR) is 164 cm³/mol. The number of hydrogen-bond donors (Lipinski definition) is 1. The summed E-state index contributed by atoms with van der Waals surface area (Å²) in [5, 5.41) is 18.1. The first-order valence-electron chi connectivity index (χ1n) is 16.1. The van der Waals surface area contributed by atoms with Crippen LogP contribution in [0.1, 0.15) is 115 Å². The van der Waals surface area contributed by atoms with Gasteiger partial charge >= 0.3 is 5.97 Å². The molecule has 0 bridgehead atoms. The lowest BCUT2D eigenvalue weighted by Gasteiger charge is -2.72. The lowest BCUT2D eigenvalue weighted by molar-refractivity contribution is -0.228. The Balaban J connectivity index is 1.36. The molecule has 0 aliphatic heterocycles. The van der Waals surface area contributed by atoms with E-state index in [2.05, 4.69) is 54.2 Å². The van der Waals surface area contributed by atoms with Crippen molar-refractivity contribution < 1.29 is 15.0 Å². The normalized spacial score (nSPS) is 45.4. The zero-order valence-electron chi connectivity index (χ0n) is 25.9. The van der Waals surface area contributed by atoms with Crippen LogP contribution in [0.25, 0.3) is 5.57 Å². The zero-order chi connectivity index (χ0) is 28.9. The first-order chi connectivity index (χ1) is 18.7. The van der Waals surface area contributed by atoms with Crippen molar-refractivity contribution in [1.82, 2.24) is 0 Å². The van der Waals surface area contributed by atoms with Crippen molar-refractivity contribution in [3.63, 3.8) is 0 Å². The zero-order valence-corrected chi connectivity index (χ0v) is 25.9. The number of rotatable bonds is 4. The molecule has 40 heavy (non-hydrogen) atoms. The molecule has 0 aromatic heterocycles. The van der Waals surface area contributed by atoms with Gasteiger partial charge in [0.2, 0.25) is 0 Å². The molecule has 0 amide bonds. The number of fused-ring (bicyclic) bond motifs is 7. The molecule has 9 atom stereocenters. The van der Waals surface area contributed by atoms with Gasteiger partial charge in [0.05, 0.1) is 5.56 Å². The minimum absolute atomic E-state index is 0.0419. The van der Waals surface area contributed by atoms with E-state index in [9.17, 15) is 9.90 Å². The van der Waals surface area contributed by atoms with E-state index in [4.69, 9.17) is 5.11 Å². The molecular formula is C37H53O3+. The minimum atomic E-state index is -0.860. The average molecular weight is 546 g/mol. The van der Waals surface area contributed by atoms with E-state index in [1.165, 1.54) is 68.1 Å². The van der Waals surface area contributed by atoms with Gasteiger partial charge in [-0.2, -0.15) is 0 Å². The summed E-state index contributed by atoms with van der Waals surface area (Å²) in [5.41, 5.74) is 5.50. The van der Waals surface area contributed by atoms with Gasteiger partial charge in [-0.15, -0.1) is 0 Å². The number of benzene rings is 1. The number of hydrogen-bond acceptors (Lipinski definition) is 1. The molecule has 6 rings (SSSR count). The van der Waals surface area contributed by atoms with Crippen molar-refractivity contribution in [3.05, 3.63) is 53.6 Å². The van der Waals surface area contributed by atoms with Gasteiger partial charge < -0.3 is 10.2 Å². The van der Waals surface area contributed by atoms with E-state index in [0.717, 1.165) is 6.42 Å². The maximum absolute atomic E-state index is 11.5. The van der Waals surface area contributed by atoms with Crippen molar-refractivity contribution in [3.8, 4) is 0 Å². The summed E-state index contributed by atoms with van der Waals surface area (Å²) in [5.74, 6) is 2.43. The van der Waals surface area contributed by atoms with E-state index in [0.29, 0.717) is 52.6 Å². The maximum Gasteiger partial charge on any atom is 0.335 e. The third-order valence-corrected chi connectivity index (χ3v) is 14.6. The fourth-order valence-electron chi connectivity index (χ4n) is 12.5. The van der Waals surface area contributed by atoms with Gasteiger partial charge in [0.15, 0.2) is 0 Å². The molecule has 5 aliphatic rings. The van der Waals surface area contributed by atoms with E-state index in [1.54, 1.807) is 12.1 Å². The van der Waals surface area contributed by atoms with Gasteiger partial charge in [0.25, 0.3) is 0 Å². The molecule has 3 nitrogen and oxygen atoms in total. The molecule has 2 unspecified atom stereocenters. The number of carboxylic acids is 1. The molecule has 0 saturated heterocycles. The van der Waals surface area contributed by atoms with Crippen LogP contribution in [0.15, 0.2) is 42.5 Å². The molecule has 4 fully saturated rings. The Morgan fingerprint density at radius 1 is 0.925 bits per heavy atom. The molecule has 218 valence electrons. The molecule has 0 heterocycles. The molecule has 4 saturated carbocycles. The number of allylic oxidation sites excluding steroid dienone is 3. The second-order valence-electron chi connectivity index (χ2n) is 16.2. The lowest BCUT2D eigenvalue weighted by atomic mass is 9.32. The Morgan fingerprint density at radius 3 is 2.25 bits per heavy atom. The van der Waals surface area contributed by atoms with Crippen molar-refractivity contribution in [2.75, 3.05) is 6.61 Å². The van der Waals surface area contributed by atoms with Crippen LogP contribution in [0.5, 0.6) is 0 Å². The van der Waals surface area contributed by atoms with Gasteiger partial charge in [-0.25, -0.2) is 4.79 Å². The Bertz CT molecular complexity index is 1240. The standard InChI is InChI=1S/C37H52O3/c1-23(2)26-14-19-37(22-38)21-20-35(6)28(31(26)37)12-13-30-34(5)17-15-27(24-8-10-25(11-9-24)32(39)40)33(3,4)29(34)16-18-36(30,35)7/h8-11,15,26,28-31,38H,1,12-14,16-22H2,2-7H3,(H,39,40)/p+1/t26-,28+,29?,30?,31+,34-,35+,36+,37+/m0/s1. The summed E-state index contributed by atoms with van der Waals surface area (Å²) in [7, 11) is 0. The Hall–Kier alpha value is -1.87. The molecule has 3 N–H and O–H groups in total. The highest BCUT2D eigenvalue weighted by Gasteiger charge is 2.70. The van der Waals surface area contributed by atoms with Crippen LogP contribution >= 0.6 is 0 Å². The summed E-state index contributed by atoms with van der Waals surface area (Å²) in [6.07, 6.45) is 13.9. The van der Waals surface area contributed by atoms with Crippen LogP contribution in [0, 0.1) is 56.7 Å². The number of aromatic carboxylic acids is 1. The topological polar surface area (TPSA) is 60.2 Å². The van der Waals surface area contributed by atoms with Gasteiger partial charge in [-0.05, 0) is 139 Å². The molecule has 1 aromatic carbocycles. The Kier molecular flexibility index (Phi) is 6.40. The highest BCUT2D eigenvalue weighted by Crippen LogP contribution is 2.77. The summed E-state index contributed by atoms with van der Waals surface area (Å²) in [6, 6.07) is 7.59. The summed E-state index contributed by atoms with van der Waals surface area (Å²) in [4.78, 5) is 11.5. The van der Waals surface area contributed by atoms with E-state index >= 15 is 0 Å². The fraction of sp³-hybridized carbons (Fsp3) is 0.703. The molecule has 0 radical (unpaired) electrons. The first-order valence-corrected chi connectivity index (χ1v) is 16.1. The van der Waals surface area contributed by atoms with Gasteiger partial charge in [-0.3, -0.25) is 0 Å². The fourth-order valence-corrected chi connectivity index (χ4v) is 12.5. The minimum Gasteiger partial charge on any atom is -0.478 e. The van der Waals surface area contributed by atoms with Gasteiger partial charge in [0.1, 0.15) is 6.61 Å². The lowest BCUT2D eigenvalue weighted by Crippen LogP contribution is -2.65. The van der Waals surface area contributed by atoms with Crippen molar-refractivity contribution in [2.45, 2.75) is 99.3 Å². The number of carboxylic acid groups (broad SMARTS) is 1. The monoisotopic (exact) mass is 545 g/mol. The smallest absolute Gasteiger partial charge is 0.335 e. The summed E-state index contributed by atoms with van der Waals surface area (Å²) in [6.45, 7) is 20.3. The molecule has 0 spiro atoms. The maximum atomic E-state index is 11.5. The van der Waals surface area contributed by atoms with E-state index < -0.39 is 5.97 Å². The summed E-state index contributed by atoms with van der Waals surface area (Å²) < 4.78 is 0. The molecule has 1 aromatic rings. The van der Waals surface area contributed by atoms with E-state index in [-0.39, 0.29) is 16.2 Å². The van der Waals surface area contributed by atoms with Crippen LogP contribution in [0.3, 0.4) is 0 Å². The third kappa shape index (κ3) is 3.55. The molecule has 5 aliphatic carbocycles. The van der Waals surface area contributed by atoms with Crippen LogP contribution in [-0.4, -0.2) is 22.8 Å². The van der Waals surface area contributed by atoms with Crippen LogP contribution in [-0.2, 0) is 0 Å². The summed E-state index contributed by atoms with van der Waals surface area (Å²) >= 11 is 0. The molecule has 3 heteroatoms. The first kappa shape index (κ1) is 28.3. The van der Waals surface area contributed by atoms with Crippen LogP contribution < -0.4 is 0 Å². The third-order valence-electron chi connectivity index (χ3n) is 14.6. The average Bonchev–Trinajstić information content (AvgIpc) is 3.29. The largest absolute Gasteiger partial charge is 0.478 e. The predicted octanol–water partition coefficient (Wildman–Crippen LogP) is 8.76. The highest BCUT2D eigenvalue weighted by molar-refractivity contribution is 5.88. The van der Waals surface area contributed by atoms with Gasteiger partial charge in [-0.1, -0.05) is 65.0 Å². The van der Waals surface area contributed by atoms with Gasteiger partial charge in [0, 0.05) is 5.41 Å². The quantitative estimate of drug-likeness (QED) is 0.304. The Morgan fingerprint density at radius 2 is 1.62 bits per heavy atom. The van der Waals surface area contributed by atoms with Crippen LogP contribution in [0.2, 0.25) is 0 Å². The van der Waals surface area contributed by atoms with E-state index in [1.807, 2.05) is 12.1 Å².